The summed E-state index contributed by atoms with van der Waals surface area (Å²) in [4.78, 5) is 11.8. The molecule has 0 aromatic heterocycles. The summed E-state index contributed by atoms with van der Waals surface area (Å²) in [6.45, 7) is 2.58. The van der Waals surface area contributed by atoms with Crippen molar-refractivity contribution >= 4 is 5.91 Å². The first-order valence-electron chi connectivity index (χ1n) is 7.25. The first kappa shape index (κ1) is 14.9. The summed E-state index contributed by atoms with van der Waals surface area (Å²) in [6.07, 6.45) is 3.97. The molecule has 1 aromatic rings. The van der Waals surface area contributed by atoms with Crippen LogP contribution in [0.5, 0.6) is 5.75 Å². The molecule has 1 amide bonds. The van der Waals surface area contributed by atoms with E-state index in [0.29, 0.717) is 19.4 Å². The van der Waals surface area contributed by atoms with Crippen molar-refractivity contribution in [3.8, 4) is 5.75 Å². The molecule has 0 radical (unpaired) electrons. The number of rotatable bonds is 7. The Hall–Kier alpha value is -1.55. The Morgan fingerprint density at radius 1 is 1.40 bits per heavy atom. The van der Waals surface area contributed by atoms with Gasteiger partial charge in [-0.15, -0.1) is 0 Å². The van der Waals surface area contributed by atoms with Gasteiger partial charge in [0.25, 0.3) is 0 Å². The molecule has 1 aliphatic rings. The minimum Gasteiger partial charge on any atom is -0.493 e. The van der Waals surface area contributed by atoms with E-state index in [2.05, 4.69) is 5.32 Å². The molecule has 1 saturated carbocycles. The second-order valence-corrected chi connectivity index (χ2v) is 5.56. The van der Waals surface area contributed by atoms with Gasteiger partial charge in [0.2, 0.25) is 5.91 Å². The van der Waals surface area contributed by atoms with E-state index in [1.165, 1.54) is 0 Å². The molecule has 1 fully saturated rings. The van der Waals surface area contributed by atoms with Crippen molar-refractivity contribution in [3.63, 3.8) is 0 Å². The lowest BCUT2D eigenvalue weighted by Gasteiger charge is -2.41. The topological polar surface area (TPSA) is 58.6 Å². The van der Waals surface area contributed by atoms with Crippen molar-refractivity contribution in [2.24, 2.45) is 0 Å². The third-order valence-corrected chi connectivity index (χ3v) is 3.92. The number of nitrogens with one attached hydrogen (secondary N) is 1. The number of ether oxygens (including phenoxy) is 1. The monoisotopic (exact) mass is 277 g/mol. The number of carbonyl (C=O) groups is 1. The SMILES string of the molecule is Cc1ccccc1OCCCC(=O)NC1(CO)CCC1. The highest BCUT2D eigenvalue weighted by Gasteiger charge is 2.37. The lowest BCUT2D eigenvalue weighted by molar-refractivity contribution is -0.125. The molecule has 1 aliphatic carbocycles. The van der Waals surface area contributed by atoms with Crippen LogP contribution in [0.4, 0.5) is 0 Å². The minimum absolute atomic E-state index is 0.00661. The summed E-state index contributed by atoms with van der Waals surface area (Å²) >= 11 is 0. The molecule has 0 aliphatic heterocycles. The van der Waals surface area contributed by atoms with Crippen molar-refractivity contribution in [2.75, 3.05) is 13.2 Å². The molecular weight excluding hydrogens is 254 g/mol. The largest absolute Gasteiger partial charge is 0.493 e. The van der Waals surface area contributed by atoms with Crippen LogP contribution < -0.4 is 10.1 Å². The van der Waals surface area contributed by atoms with E-state index in [9.17, 15) is 9.90 Å². The average molecular weight is 277 g/mol. The van der Waals surface area contributed by atoms with Gasteiger partial charge in [-0.2, -0.15) is 0 Å². The average Bonchev–Trinajstić information content (AvgIpc) is 2.41. The van der Waals surface area contributed by atoms with Crippen LogP contribution in [-0.4, -0.2) is 29.8 Å². The molecular formula is C16H23NO3. The molecule has 0 unspecified atom stereocenters. The zero-order valence-corrected chi connectivity index (χ0v) is 12.0. The Balaban J connectivity index is 1.66. The number of carbonyl (C=O) groups excluding carboxylic acids is 1. The van der Waals surface area contributed by atoms with Crippen molar-refractivity contribution < 1.29 is 14.6 Å². The summed E-state index contributed by atoms with van der Waals surface area (Å²) < 4.78 is 5.65. The summed E-state index contributed by atoms with van der Waals surface area (Å²) in [5, 5.41) is 12.2. The summed E-state index contributed by atoms with van der Waals surface area (Å²) in [7, 11) is 0. The zero-order chi connectivity index (χ0) is 14.4. The molecule has 110 valence electrons. The van der Waals surface area contributed by atoms with E-state index in [4.69, 9.17) is 4.74 Å². The quantitative estimate of drug-likeness (QED) is 0.751. The second kappa shape index (κ2) is 6.75. The van der Waals surface area contributed by atoms with E-state index in [-0.39, 0.29) is 18.1 Å². The van der Waals surface area contributed by atoms with Gasteiger partial charge in [0.1, 0.15) is 5.75 Å². The number of aliphatic hydroxyl groups excluding tert-OH is 1. The summed E-state index contributed by atoms with van der Waals surface area (Å²) in [5.74, 6) is 0.880. The Bertz CT molecular complexity index is 449. The van der Waals surface area contributed by atoms with Gasteiger partial charge in [-0.3, -0.25) is 4.79 Å². The standard InChI is InChI=1S/C16H23NO3/c1-13-6-2-3-7-14(13)20-11-4-8-15(19)17-16(12-18)9-5-10-16/h2-3,6-7,18H,4-5,8-12H2,1H3,(H,17,19). The maximum atomic E-state index is 11.8. The van der Waals surface area contributed by atoms with Crippen LogP contribution in [0.3, 0.4) is 0 Å². The van der Waals surface area contributed by atoms with Crippen molar-refractivity contribution in [3.05, 3.63) is 29.8 Å². The molecule has 4 nitrogen and oxygen atoms in total. The predicted molar refractivity (Wildman–Crippen MR) is 77.7 cm³/mol. The van der Waals surface area contributed by atoms with Crippen LogP contribution in [0.15, 0.2) is 24.3 Å². The molecule has 20 heavy (non-hydrogen) atoms. The third kappa shape index (κ3) is 3.73. The molecule has 2 N–H and O–H groups in total. The van der Waals surface area contributed by atoms with Crippen LogP contribution in [-0.2, 0) is 4.79 Å². The minimum atomic E-state index is -0.339. The van der Waals surface area contributed by atoms with Crippen LogP contribution in [0.25, 0.3) is 0 Å². The van der Waals surface area contributed by atoms with Crippen LogP contribution in [0.1, 0.15) is 37.7 Å². The molecule has 4 heteroatoms. The van der Waals surface area contributed by atoms with E-state index >= 15 is 0 Å². The lowest BCUT2D eigenvalue weighted by Crippen LogP contribution is -2.56. The van der Waals surface area contributed by atoms with E-state index in [1.54, 1.807) is 0 Å². The molecule has 2 rings (SSSR count). The highest BCUT2D eigenvalue weighted by molar-refractivity contribution is 5.76. The first-order valence-corrected chi connectivity index (χ1v) is 7.25. The van der Waals surface area contributed by atoms with Crippen molar-refractivity contribution in [2.45, 2.75) is 44.6 Å². The lowest BCUT2D eigenvalue weighted by atomic mass is 9.77. The number of para-hydroxylation sites is 1. The molecule has 0 heterocycles. The first-order chi connectivity index (χ1) is 9.65. The summed E-state index contributed by atoms with van der Waals surface area (Å²) in [6, 6.07) is 7.85. The van der Waals surface area contributed by atoms with Crippen LogP contribution in [0, 0.1) is 6.92 Å². The fourth-order valence-electron chi connectivity index (χ4n) is 2.42. The molecule has 0 spiro atoms. The predicted octanol–water partition coefficient (Wildman–Crippen LogP) is 2.19. The van der Waals surface area contributed by atoms with E-state index < -0.39 is 0 Å². The number of aryl methyl sites for hydroxylation is 1. The number of aliphatic hydroxyl groups is 1. The van der Waals surface area contributed by atoms with Gasteiger partial charge in [-0.05, 0) is 44.2 Å². The fraction of sp³-hybridized carbons (Fsp3) is 0.562. The molecule has 0 atom stereocenters. The van der Waals surface area contributed by atoms with Gasteiger partial charge in [0.15, 0.2) is 0 Å². The van der Waals surface area contributed by atoms with Gasteiger partial charge < -0.3 is 15.2 Å². The maximum Gasteiger partial charge on any atom is 0.220 e. The smallest absolute Gasteiger partial charge is 0.220 e. The van der Waals surface area contributed by atoms with Crippen LogP contribution in [0.2, 0.25) is 0 Å². The fourth-order valence-corrected chi connectivity index (χ4v) is 2.42. The number of benzene rings is 1. The second-order valence-electron chi connectivity index (χ2n) is 5.56. The normalized spacial score (nSPS) is 16.3. The maximum absolute atomic E-state index is 11.8. The Morgan fingerprint density at radius 3 is 2.75 bits per heavy atom. The zero-order valence-electron chi connectivity index (χ0n) is 12.0. The highest BCUT2D eigenvalue weighted by atomic mass is 16.5. The van der Waals surface area contributed by atoms with Crippen molar-refractivity contribution in [1.29, 1.82) is 0 Å². The molecule has 0 bridgehead atoms. The van der Waals surface area contributed by atoms with Gasteiger partial charge in [-0.25, -0.2) is 0 Å². The molecule has 0 saturated heterocycles. The third-order valence-electron chi connectivity index (χ3n) is 3.92. The van der Waals surface area contributed by atoms with Gasteiger partial charge in [-0.1, -0.05) is 18.2 Å². The van der Waals surface area contributed by atoms with Gasteiger partial charge >= 0.3 is 0 Å². The Kier molecular flexibility index (Phi) is 5.01. The highest BCUT2D eigenvalue weighted by Crippen LogP contribution is 2.31. The Morgan fingerprint density at radius 2 is 2.15 bits per heavy atom. The Labute approximate surface area is 120 Å². The van der Waals surface area contributed by atoms with Gasteiger partial charge in [0, 0.05) is 6.42 Å². The van der Waals surface area contributed by atoms with Gasteiger partial charge in [0.05, 0.1) is 18.8 Å². The number of amides is 1. The van der Waals surface area contributed by atoms with E-state index in [0.717, 1.165) is 30.6 Å². The molecule has 1 aromatic carbocycles. The van der Waals surface area contributed by atoms with E-state index in [1.807, 2.05) is 31.2 Å². The summed E-state index contributed by atoms with van der Waals surface area (Å²) in [5.41, 5.74) is 0.763. The number of hydrogen-bond donors (Lipinski definition) is 2. The van der Waals surface area contributed by atoms with Crippen LogP contribution >= 0.6 is 0 Å². The number of hydrogen-bond acceptors (Lipinski definition) is 3. The van der Waals surface area contributed by atoms with Crippen molar-refractivity contribution in [1.82, 2.24) is 5.32 Å².